The standard InChI is InChI=1S/C36H28OP2/c37-39(30-22-12-4-13-23-30,31-24-14-5-15-25-31)33-26-32(27-16-6-1-7-17-27)34(28-18-8-2-9-19-28)35(36(33)38)29-20-10-3-11-21-29/h1-26H,38H2. The molecule has 1 nitrogen and oxygen atoms in total. The van der Waals surface area contributed by atoms with Crippen molar-refractivity contribution in [2.75, 3.05) is 0 Å². The van der Waals surface area contributed by atoms with Crippen molar-refractivity contribution in [3.05, 3.63) is 158 Å². The molecule has 0 spiro atoms. The Kier molecular flexibility index (Phi) is 7.12. The molecule has 6 aromatic rings. The summed E-state index contributed by atoms with van der Waals surface area (Å²) in [6.45, 7) is 0. The van der Waals surface area contributed by atoms with E-state index in [4.69, 9.17) is 0 Å². The Morgan fingerprint density at radius 3 is 1.23 bits per heavy atom. The van der Waals surface area contributed by atoms with E-state index >= 15 is 4.57 Å². The van der Waals surface area contributed by atoms with Gasteiger partial charge in [0.2, 0.25) is 0 Å². The van der Waals surface area contributed by atoms with E-state index < -0.39 is 7.14 Å². The topological polar surface area (TPSA) is 17.1 Å². The molecule has 1 atom stereocenters. The first-order valence-electron chi connectivity index (χ1n) is 13.0. The monoisotopic (exact) mass is 538 g/mol. The van der Waals surface area contributed by atoms with Crippen LogP contribution in [-0.2, 0) is 4.57 Å². The van der Waals surface area contributed by atoms with Gasteiger partial charge in [-0.25, -0.2) is 0 Å². The van der Waals surface area contributed by atoms with Crippen molar-refractivity contribution in [2.45, 2.75) is 0 Å². The predicted octanol–water partition coefficient (Wildman–Crippen LogP) is 7.83. The van der Waals surface area contributed by atoms with Gasteiger partial charge in [-0.3, -0.25) is 0 Å². The normalized spacial score (nSPS) is 11.3. The quantitative estimate of drug-likeness (QED) is 0.198. The highest BCUT2D eigenvalue weighted by Gasteiger charge is 2.34. The van der Waals surface area contributed by atoms with Gasteiger partial charge in [-0.1, -0.05) is 152 Å². The van der Waals surface area contributed by atoms with Gasteiger partial charge in [0, 0.05) is 15.9 Å². The lowest BCUT2D eigenvalue weighted by atomic mass is 9.87. The minimum absolute atomic E-state index is 0.824. The van der Waals surface area contributed by atoms with E-state index in [1.54, 1.807) is 0 Å². The Hall–Kier alpha value is -4.02. The molecule has 188 valence electrons. The van der Waals surface area contributed by atoms with Crippen LogP contribution in [0.4, 0.5) is 0 Å². The average molecular weight is 539 g/mol. The summed E-state index contributed by atoms with van der Waals surface area (Å²) in [7, 11) is -0.263. The van der Waals surface area contributed by atoms with Crippen LogP contribution >= 0.6 is 16.4 Å². The lowest BCUT2D eigenvalue weighted by Gasteiger charge is -2.27. The van der Waals surface area contributed by atoms with E-state index in [2.05, 4.69) is 88.1 Å². The van der Waals surface area contributed by atoms with Gasteiger partial charge in [0.15, 0.2) is 7.14 Å². The van der Waals surface area contributed by atoms with Crippen molar-refractivity contribution < 1.29 is 4.57 Å². The molecule has 0 fully saturated rings. The summed E-state index contributed by atoms with van der Waals surface area (Å²) in [5.41, 5.74) is 6.58. The maximum absolute atomic E-state index is 15.6. The molecular weight excluding hydrogens is 510 g/mol. The van der Waals surface area contributed by atoms with Gasteiger partial charge in [0.25, 0.3) is 0 Å². The molecule has 0 aliphatic heterocycles. The van der Waals surface area contributed by atoms with Crippen molar-refractivity contribution >= 4 is 37.6 Å². The van der Waals surface area contributed by atoms with Crippen LogP contribution in [0.5, 0.6) is 0 Å². The minimum atomic E-state index is -3.24. The van der Waals surface area contributed by atoms with Gasteiger partial charge in [0.05, 0.1) is 0 Å². The SMILES string of the molecule is O=P(c1ccccc1)(c1ccccc1)c1cc(-c2ccccc2)c(-c2ccccc2)c(-c2ccccc2)c1P. The van der Waals surface area contributed by atoms with Crippen LogP contribution in [0.1, 0.15) is 0 Å². The zero-order valence-electron chi connectivity index (χ0n) is 21.4. The van der Waals surface area contributed by atoms with Crippen molar-refractivity contribution in [1.29, 1.82) is 0 Å². The maximum Gasteiger partial charge on any atom is 0.171 e. The molecule has 0 heterocycles. The van der Waals surface area contributed by atoms with Crippen molar-refractivity contribution in [1.82, 2.24) is 0 Å². The van der Waals surface area contributed by atoms with E-state index in [0.717, 1.165) is 54.6 Å². The zero-order valence-corrected chi connectivity index (χ0v) is 23.5. The summed E-state index contributed by atoms with van der Waals surface area (Å²) >= 11 is 0. The van der Waals surface area contributed by atoms with Crippen molar-refractivity contribution in [3.63, 3.8) is 0 Å². The van der Waals surface area contributed by atoms with Gasteiger partial charge in [-0.05, 0) is 44.8 Å². The van der Waals surface area contributed by atoms with Gasteiger partial charge < -0.3 is 4.57 Å². The number of hydrogen-bond donors (Lipinski definition) is 0. The highest BCUT2D eigenvalue weighted by atomic mass is 31.2. The fourth-order valence-electron chi connectivity index (χ4n) is 5.30. The first-order valence-corrected chi connectivity index (χ1v) is 15.3. The number of rotatable bonds is 6. The average Bonchev–Trinajstić information content (AvgIpc) is 3.02. The fraction of sp³-hybridized carbons (Fsp3) is 0. The van der Waals surface area contributed by atoms with Crippen LogP contribution < -0.4 is 21.2 Å². The molecule has 1 unspecified atom stereocenters. The highest BCUT2D eigenvalue weighted by Crippen LogP contribution is 2.47. The third-order valence-corrected chi connectivity index (χ3v) is 11.1. The summed E-state index contributed by atoms with van der Waals surface area (Å²) in [5.74, 6) is 0. The fourth-order valence-corrected chi connectivity index (χ4v) is 9.04. The van der Waals surface area contributed by atoms with Crippen molar-refractivity contribution in [3.8, 4) is 33.4 Å². The first kappa shape index (κ1) is 25.3. The highest BCUT2D eigenvalue weighted by molar-refractivity contribution is 7.86. The van der Waals surface area contributed by atoms with Gasteiger partial charge >= 0.3 is 0 Å². The summed E-state index contributed by atoms with van der Waals surface area (Å²) in [4.78, 5) is 0. The Morgan fingerprint density at radius 2 is 0.795 bits per heavy atom. The second-order valence-electron chi connectivity index (χ2n) is 9.49. The van der Waals surface area contributed by atoms with E-state index in [0.29, 0.717) is 0 Å². The molecule has 0 bridgehead atoms. The lowest BCUT2D eigenvalue weighted by Crippen LogP contribution is -2.33. The molecule has 0 amide bonds. The summed E-state index contributed by atoms with van der Waals surface area (Å²) in [6.07, 6.45) is 0. The van der Waals surface area contributed by atoms with Crippen molar-refractivity contribution in [2.24, 2.45) is 0 Å². The molecule has 0 saturated carbocycles. The minimum Gasteiger partial charge on any atom is -0.309 e. The van der Waals surface area contributed by atoms with Crippen LogP contribution in [0.25, 0.3) is 33.4 Å². The molecule has 6 aromatic carbocycles. The Bertz CT molecular complexity index is 1710. The van der Waals surface area contributed by atoms with Gasteiger partial charge in [-0.2, -0.15) is 0 Å². The third-order valence-electron chi connectivity index (χ3n) is 7.13. The molecule has 0 N–H and O–H groups in total. The molecule has 3 heteroatoms. The molecule has 6 rings (SSSR count). The Labute approximate surface area is 232 Å². The Morgan fingerprint density at radius 1 is 0.436 bits per heavy atom. The number of hydrogen-bond acceptors (Lipinski definition) is 1. The summed E-state index contributed by atoms with van der Waals surface area (Å²) in [5, 5.41) is 3.44. The summed E-state index contributed by atoms with van der Waals surface area (Å²) in [6, 6.07) is 53.4. The van der Waals surface area contributed by atoms with Gasteiger partial charge in [-0.15, -0.1) is 9.24 Å². The molecule has 0 aromatic heterocycles. The van der Waals surface area contributed by atoms with Crippen LogP contribution in [-0.4, -0.2) is 0 Å². The van der Waals surface area contributed by atoms with Gasteiger partial charge in [0.1, 0.15) is 0 Å². The predicted molar refractivity (Wildman–Crippen MR) is 171 cm³/mol. The van der Waals surface area contributed by atoms with Crippen LogP contribution in [0.2, 0.25) is 0 Å². The zero-order chi connectivity index (χ0) is 26.7. The molecule has 0 aliphatic rings. The largest absolute Gasteiger partial charge is 0.309 e. The smallest absolute Gasteiger partial charge is 0.171 e. The first-order chi connectivity index (χ1) is 19.2. The molecule has 0 radical (unpaired) electrons. The molecular formula is C36H28OP2. The summed E-state index contributed by atoms with van der Waals surface area (Å²) < 4.78 is 15.6. The molecule has 0 aliphatic carbocycles. The number of benzene rings is 6. The van der Waals surface area contributed by atoms with Crippen LogP contribution in [0.3, 0.4) is 0 Å². The second-order valence-corrected chi connectivity index (χ2v) is 12.8. The van der Waals surface area contributed by atoms with Crippen LogP contribution in [0, 0.1) is 0 Å². The van der Waals surface area contributed by atoms with E-state index in [-0.39, 0.29) is 0 Å². The van der Waals surface area contributed by atoms with E-state index in [9.17, 15) is 0 Å². The molecule has 39 heavy (non-hydrogen) atoms. The molecule has 0 saturated heterocycles. The third kappa shape index (κ3) is 4.70. The Balaban J connectivity index is 1.80. The lowest BCUT2D eigenvalue weighted by molar-refractivity contribution is 0.592. The van der Waals surface area contributed by atoms with Crippen LogP contribution in [0.15, 0.2) is 158 Å². The van der Waals surface area contributed by atoms with E-state index in [1.807, 2.05) is 78.9 Å². The maximum atomic E-state index is 15.6. The van der Waals surface area contributed by atoms with E-state index in [1.165, 1.54) is 0 Å². The second kappa shape index (κ2) is 11.0.